The minimum absolute atomic E-state index is 0.198. The van der Waals surface area contributed by atoms with E-state index in [4.69, 9.17) is 0 Å². The molecule has 2 rings (SSSR count). The van der Waals surface area contributed by atoms with E-state index in [1.165, 1.54) is 24.0 Å². The van der Waals surface area contributed by atoms with Crippen LogP contribution in [-0.4, -0.2) is 11.1 Å². The Morgan fingerprint density at radius 2 is 1.86 bits per heavy atom. The number of aryl methyl sites for hydroxylation is 1. The summed E-state index contributed by atoms with van der Waals surface area (Å²) in [5, 5.41) is 9.52. The summed E-state index contributed by atoms with van der Waals surface area (Å²) < 4.78 is 0. The molecule has 1 aromatic carbocycles. The van der Waals surface area contributed by atoms with Gasteiger partial charge in [0.25, 0.3) is 0 Å². The highest BCUT2D eigenvalue weighted by Gasteiger charge is 2.35. The molecule has 2 heteroatoms. The van der Waals surface area contributed by atoms with E-state index < -0.39 is 5.97 Å². The van der Waals surface area contributed by atoms with E-state index in [0.717, 1.165) is 32.1 Å². The van der Waals surface area contributed by atoms with Crippen molar-refractivity contribution in [2.75, 3.05) is 0 Å². The number of hydrogen-bond acceptors (Lipinski definition) is 1. The highest BCUT2D eigenvalue weighted by Crippen LogP contribution is 2.42. The van der Waals surface area contributed by atoms with Crippen LogP contribution in [0.5, 0.6) is 0 Å². The maximum Gasteiger partial charge on any atom is 0.307 e. The lowest BCUT2D eigenvalue weighted by Gasteiger charge is -2.34. The van der Waals surface area contributed by atoms with E-state index in [1.807, 2.05) is 0 Å². The third-order valence-electron chi connectivity index (χ3n) is 4.92. The van der Waals surface area contributed by atoms with Gasteiger partial charge in [0.2, 0.25) is 0 Å². The fraction of sp³-hybridized carbons (Fsp3) is 0.632. The van der Waals surface area contributed by atoms with Crippen LogP contribution in [0.2, 0.25) is 0 Å². The normalized spacial score (nSPS) is 25.7. The van der Waals surface area contributed by atoms with Crippen molar-refractivity contribution < 1.29 is 9.90 Å². The van der Waals surface area contributed by atoms with Crippen LogP contribution in [0.25, 0.3) is 0 Å². The number of benzene rings is 1. The first-order valence-electron chi connectivity index (χ1n) is 8.47. The maximum absolute atomic E-state index is 11.6. The monoisotopic (exact) mass is 288 g/mol. The van der Waals surface area contributed by atoms with Gasteiger partial charge in [-0.05, 0) is 48.6 Å². The second-order valence-electron chi connectivity index (χ2n) is 6.51. The van der Waals surface area contributed by atoms with Crippen molar-refractivity contribution in [3.63, 3.8) is 0 Å². The molecule has 0 spiro atoms. The molecule has 0 bridgehead atoms. The minimum Gasteiger partial charge on any atom is -0.481 e. The summed E-state index contributed by atoms with van der Waals surface area (Å²) in [6.45, 7) is 4.41. The topological polar surface area (TPSA) is 37.3 Å². The number of aliphatic carboxylic acids is 1. The van der Waals surface area contributed by atoms with Gasteiger partial charge >= 0.3 is 5.97 Å². The van der Waals surface area contributed by atoms with Gasteiger partial charge < -0.3 is 5.11 Å². The zero-order valence-electron chi connectivity index (χ0n) is 13.3. The third kappa shape index (κ3) is 4.09. The first kappa shape index (κ1) is 16.1. The molecule has 3 unspecified atom stereocenters. The lowest BCUT2D eigenvalue weighted by Crippen LogP contribution is -2.29. The Kier molecular flexibility index (Phi) is 5.84. The number of rotatable bonds is 6. The van der Waals surface area contributed by atoms with Crippen LogP contribution in [-0.2, 0) is 11.2 Å². The molecular weight excluding hydrogens is 260 g/mol. The molecular formula is C19H28O2. The van der Waals surface area contributed by atoms with Crippen LogP contribution in [0.4, 0.5) is 0 Å². The van der Waals surface area contributed by atoms with Crippen molar-refractivity contribution in [1.29, 1.82) is 0 Å². The second-order valence-corrected chi connectivity index (χ2v) is 6.51. The van der Waals surface area contributed by atoms with Gasteiger partial charge in [-0.15, -0.1) is 0 Å². The van der Waals surface area contributed by atoms with Crippen molar-refractivity contribution in [3.8, 4) is 0 Å². The SMILES string of the molecule is CCCc1ccc(C2CC(CCC)CCC2C(=O)O)cc1. The van der Waals surface area contributed by atoms with Gasteiger partial charge in [0.15, 0.2) is 0 Å². The largest absolute Gasteiger partial charge is 0.481 e. The third-order valence-corrected chi connectivity index (χ3v) is 4.92. The Morgan fingerprint density at radius 3 is 2.43 bits per heavy atom. The van der Waals surface area contributed by atoms with Gasteiger partial charge in [-0.3, -0.25) is 4.79 Å². The van der Waals surface area contributed by atoms with Crippen LogP contribution >= 0.6 is 0 Å². The van der Waals surface area contributed by atoms with E-state index >= 15 is 0 Å². The lowest BCUT2D eigenvalue weighted by molar-refractivity contribution is -0.143. The molecule has 0 aromatic heterocycles. The van der Waals surface area contributed by atoms with E-state index in [1.54, 1.807) is 0 Å². The fourth-order valence-corrected chi connectivity index (χ4v) is 3.81. The molecule has 2 nitrogen and oxygen atoms in total. The van der Waals surface area contributed by atoms with Gasteiger partial charge in [0.1, 0.15) is 0 Å². The summed E-state index contributed by atoms with van der Waals surface area (Å²) >= 11 is 0. The zero-order valence-corrected chi connectivity index (χ0v) is 13.3. The van der Waals surface area contributed by atoms with E-state index in [-0.39, 0.29) is 11.8 Å². The van der Waals surface area contributed by atoms with Crippen molar-refractivity contribution in [2.24, 2.45) is 11.8 Å². The first-order valence-corrected chi connectivity index (χ1v) is 8.47. The van der Waals surface area contributed by atoms with E-state index in [2.05, 4.69) is 38.1 Å². The second kappa shape index (κ2) is 7.63. The van der Waals surface area contributed by atoms with Gasteiger partial charge in [0.05, 0.1) is 5.92 Å². The molecule has 0 heterocycles. The number of carbonyl (C=O) groups is 1. The van der Waals surface area contributed by atoms with Gasteiger partial charge in [-0.2, -0.15) is 0 Å². The Labute approximate surface area is 128 Å². The summed E-state index contributed by atoms with van der Waals surface area (Å²) in [6, 6.07) is 8.70. The van der Waals surface area contributed by atoms with Crippen molar-refractivity contribution in [3.05, 3.63) is 35.4 Å². The highest BCUT2D eigenvalue weighted by molar-refractivity contribution is 5.71. The standard InChI is InChI=1S/C19H28O2/c1-3-5-14-7-10-16(11-8-14)18-13-15(6-4-2)9-12-17(18)19(20)21/h7-8,10-11,15,17-18H,3-6,9,12-13H2,1-2H3,(H,20,21). The van der Waals surface area contributed by atoms with Crippen molar-refractivity contribution in [1.82, 2.24) is 0 Å². The van der Waals surface area contributed by atoms with Crippen LogP contribution < -0.4 is 0 Å². The maximum atomic E-state index is 11.6. The summed E-state index contributed by atoms with van der Waals surface area (Å²) in [7, 11) is 0. The average molecular weight is 288 g/mol. The predicted octanol–water partition coefficient (Wildman–Crippen LogP) is 5.02. The van der Waals surface area contributed by atoms with Gasteiger partial charge in [-0.25, -0.2) is 0 Å². The van der Waals surface area contributed by atoms with Crippen molar-refractivity contribution in [2.45, 2.75) is 64.7 Å². The molecule has 1 aromatic rings. The van der Waals surface area contributed by atoms with Gasteiger partial charge in [-0.1, -0.05) is 57.4 Å². The Hall–Kier alpha value is -1.31. The Balaban J connectivity index is 2.16. The van der Waals surface area contributed by atoms with Crippen LogP contribution in [0.1, 0.15) is 69.4 Å². The van der Waals surface area contributed by atoms with Crippen LogP contribution in [0.15, 0.2) is 24.3 Å². The number of carboxylic acid groups (broad SMARTS) is 1. The summed E-state index contributed by atoms with van der Waals surface area (Å²) in [5.41, 5.74) is 2.58. The molecule has 1 aliphatic rings. The molecule has 1 N–H and O–H groups in total. The molecule has 0 radical (unpaired) electrons. The summed E-state index contributed by atoms with van der Waals surface area (Å²) in [5.74, 6) is 0.0807. The minimum atomic E-state index is -0.618. The number of carboxylic acids is 1. The average Bonchev–Trinajstić information content (AvgIpc) is 2.48. The van der Waals surface area contributed by atoms with E-state index in [0.29, 0.717) is 5.92 Å². The molecule has 1 fully saturated rings. The summed E-state index contributed by atoms with van der Waals surface area (Å²) in [4.78, 5) is 11.6. The zero-order chi connectivity index (χ0) is 15.2. The highest BCUT2D eigenvalue weighted by atomic mass is 16.4. The van der Waals surface area contributed by atoms with Crippen molar-refractivity contribution >= 4 is 5.97 Å². The van der Waals surface area contributed by atoms with E-state index in [9.17, 15) is 9.90 Å². The molecule has 1 saturated carbocycles. The fourth-order valence-electron chi connectivity index (χ4n) is 3.81. The molecule has 0 amide bonds. The number of hydrogen-bond donors (Lipinski definition) is 1. The molecule has 21 heavy (non-hydrogen) atoms. The predicted molar refractivity (Wildman–Crippen MR) is 86.6 cm³/mol. The summed E-state index contributed by atoms with van der Waals surface area (Å²) in [6.07, 6.45) is 7.64. The Morgan fingerprint density at radius 1 is 1.14 bits per heavy atom. The smallest absolute Gasteiger partial charge is 0.307 e. The molecule has 1 aliphatic carbocycles. The lowest BCUT2D eigenvalue weighted by atomic mass is 9.70. The Bertz CT molecular complexity index is 449. The van der Waals surface area contributed by atoms with Crippen LogP contribution in [0.3, 0.4) is 0 Å². The first-order chi connectivity index (χ1) is 10.2. The van der Waals surface area contributed by atoms with Gasteiger partial charge in [0, 0.05) is 0 Å². The molecule has 3 atom stereocenters. The molecule has 116 valence electrons. The molecule has 0 aliphatic heterocycles. The quantitative estimate of drug-likeness (QED) is 0.797. The van der Waals surface area contributed by atoms with Crippen LogP contribution in [0, 0.1) is 11.8 Å². The molecule has 0 saturated heterocycles.